The van der Waals surface area contributed by atoms with E-state index in [-0.39, 0.29) is 47.5 Å². The molecule has 0 aliphatic carbocycles. The largest absolute Gasteiger partial charge is 1.00 e. The number of hydrogen-bond donors (Lipinski definition) is 2. The second-order valence-electron chi connectivity index (χ2n) is 4.54. The summed E-state index contributed by atoms with van der Waals surface area (Å²) in [7, 11) is 0. The molecule has 3 aromatic rings. The maximum absolute atomic E-state index is 12.6. The Balaban J connectivity index is 0.000000429. The van der Waals surface area contributed by atoms with E-state index in [1.54, 1.807) is 13.0 Å². The quantitative estimate of drug-likeness (QED) is 0.543. The van der Waals surface area contributed by atoms with Crippen LogP contribution in [0, 0.1) is 18.6 Å². The summed E-state index contributed by atoms with van der Waals surface area (Å²) in [5.41, 5.74) is 5.69. The number of carbonyl (C=O) groups is 1. The number of nitrogens with one attached hydrogen (secondary N) is 1. The molecule has 0 aliphatic heterocycles. The molecule has 6 nitrogen and oxygen atoms in total. The molecule has 3 heterocycles. The Hall–Kier alpha value is -2.16. The molecule has 24 heavy (non-hydrogen) atoms. The van der Waals surface area contributed by atoms with E-state index in [4.69, 9.17) is 5.73 Å². The van der Waals surface area contributed by atoms with E-state index < -0.39 is 17.5 Å². The SMILES string of the molecule is Cc1ncc(F)cc1C(N)=O.O=c1[nH]ccc2ncc(F)cc12.[H-].[Na+]. The molecule has 0 radical (unpaired) electrons. The van der Waals surface area contributed by atoms with Crippen molar-refractivity contribution in [3.8, 4) is 0 Å². The van der Waals surface area contributed by atoms with Crippen LogP contribution in [0.15, 0.2) is 41.6 Å². The van der Waals surface area contributed by atoms with Crippen LogP contribution in [0.5, 0.6) is 0 Å². The van der Waals surface area contributed by atoms with Gasteiger partial charge >= 0.3 is 29.6 Å². The zero-order valence-corrected chi connectivity index (χ0v) is 15.0. The molecule has 0 aliphatic rings. The van der Waals surface area contributed by atoms with Gasteiger partial charge < -0.3 is 12.1 Å². The van der Waals surface area contributed by atoms with E-state index in [1.807, 2.05) is 0 Å². The predicted molar refractivity (Wildman–Crippen MR) is 80.9 cm³/mol. The maximum atomic E-state index is 12.6. The number of aryl methyl sites for hydroxylation is 1. The van der Waals surface area contributed by atoms with Crippen LogP contribution in [0.1, 0.15) is 17.5 Å². The number of pyridine rings is 3. The third kappa shape index (κ3) is 4.92. The van der Waals surface area contributed by atoms with Crippen molar-refractivity contribution in [1.29, 1.82) is 0 Å². The molecule has 1 amide bonds. The van der Waals surface area contributed by atoms with Gasteiger partial charge in [-0.05, 0) is 25.1 Å². The second-order valence-corrected chi connectivity index (χ2v) is 4.54. The van der Waals surface area contributed by atoms with Crippen LogP contribution in [0.25, 0.3) is 10.9 Å². The molecule has 3 N–H and O–H groups in total. The summed E-state index contributed by atoms with van der Waals surface area (Å²) in [6.45, 7) is 1.60. The minimum absolute atomic E-state index is 0. The van der Waals surface area contributed by atoms with E-state index in [9.17, 15) is 18.4 Å². The number of nitrogens with zero attached hydrogens (tertiary/aromatic N) is 2. The number of H-pyrrole nitrogens is 1. The Kier molecular flexibility index (Phi) is 7.15. The Bertz CT molecular complexity index is 937. The van der Waals surface area contributed by atoms with Gasteiger partial charge in [0.15, 0.2) is 0 Å². The van der Waals surface area contributed by atoms with Crippen molar-refractivity contribution in [3.05, 3.63) is 70.0 Å². The Morgan fingerprint density at radius 1 is 1.21 bits per heavy atom. The van der Waals surface area contributed by atoms with Gasteiger partial charge in [-0.25, -0.2) is 8.78 Å². The predicted octanol–water partition coefficient (Wildman–Crippen LogP) is -1.19. The van der Waals surface area contributed by atoms with Crippen LogP contribution in [-0.2, 0) is 0 Å². The molecule has 3 rings (SSSR count). The van der Waals surface area contributed by atoms with Crippen molar-refractivity contribution in [3.63, 3.8) is 0 Å². The van der Waals surface area contributed by atoms with E-state index >= 15 is 0 Å². The number of carbonyl (C=O) groups excluding carboxylic acids is 1. The normalized spacial score (nSPS) is 9.62. The number of halogens is 2. The van der Waals surface area contributed by atoms with Gasteiger partial charge in [-0.15, -0.1) is 0 Å². The van der Waals surface area contributed by atoms with Gasteiger partial charge in [0, 0.05) is 6.20 Å². The van der Waals surface area contributed by atoms with Crippen molar-refractivity contribution >= 4 is 16.8 Å². The number of primary amides is 1. The molecule has 0 saturated carbocycles. The Morgan fingerprint density at radius 2 is 1.83 bits per heavy atom. The number of hydrogen-bond acceptors (Lipinski definition) is 4. The number of fused-ring (bicyclic) bond motifs is 1. The zero-order valence-electron chi connectivity index (χ0n) is 14.0. The summed E-state index contributed by atoms with van der Waals surface area (Å²) in [5, 5.41) is 0.275. The first kappa shape index (κ1) is 19.9. The van der Waals surface area contributed by atoms with Crippen LogP contribution in [0.2, 0.25) is 0 Å². The van der Waals surface area contributed by atoms with Gasteiger partial charge in [0.2, 0.25) is 0 Å². The zero-order chi connectivity index (χ0) is 17.0. The molecule has 0 atom stereocenters. The van der Waals surface area contributed by atoms with Gasteiger partial charge in [0.05, 0.1) is 34.6 Å². The summed E-state index contributed by atoms with van der Waals surface area (Å²) in [6.07, 6.45) is 3.61. The first-order valence-corrected chi connectivity index (χ1v) is 6.43. The molecule has 120 valence electrons. The molecular weight excluding hydrogens is 329 g/mol. The first-order valence-electron chi connectivity index (χ1n) is 6.43. The van der Waals surface area contributed by atoms with Crippen molar-refractivity contribution in [1.82, 2.24) is 15.0 Å². The second kappa shape index (κ2) is 8.62. The summed E-state index contributed by atoms with van der Waals surface area (Å²) in [6, 6.07) is 3.86. The molecular formula is C15H13F2N4NaO2. The van der Waals surface area contributed by atoms with Crippen LogP contribution < -0.4 is 40.9 Å². The smallest absolute Gasteiger partial charge is 1.00 e. The van der Waals surface area contributed by atoms with Gasteiger partial charge in [-0.1, -0.05) is 0 Å². The fraction of sp³-hybridized carbons (Fsp3) is 0.0667. The summed E-state index contributed by atoms with van der Waals surface area (Å²) >= 11 is 0. The van der Waals surface area contributed by atoms with Crippen molar-refractivity contribution in [2.24, 2.45) is 5.73 Å². The number of aromatic nitrogens is 3. The topological polar surface area (TPSA) is 102 Å². The average molecular weight is 342 g/mol. The van der Waals surface area contributed by atoms with E-state index in [0.717, 1.165) is 18.5 Å². The van der Waals surface area contributed by atoms with Crippen LogP contribution in [0.4, 0.5) is 8.78 Å². The molecule has 0 spiro atoms. The van der Waals surface area contributed by atoms with Gasteiger partial charge in [0.25, 0.3) is 11.5 Å². The van der Waals surface area contributed by atoms with E-state index in [2.05, 4.69) is 15.0 Å². The molecule has 0 unspecified atom stereocenters. The monoisotopic (exact) mass is 342 g/mol. The van der Waals surface area contributed by atoms with E-state index in [0.29, 0.717) is 11.2 Å². The minimum Gasteiger partial charge on any atom is -1.00 e. The summed E-state index contributed by atoms with van der Waals surface area (Å²) in [4.78, 5) is 31.5. The standard InChI is InChI=1S/C8H5FN2O.C7H7FN2O.Na.H/c9-5-3-6-7(11-4-5)1-2-10-8(6)12;1-4-6(7(9)11)2-5(8)3-10-4;;/h1-4H,(H,10,12);2-3H,1H3,(H2,9,11);;/q;;+1;-1. The number of aromatic amines is 1. The fourth-order valence-electron chi connectivity index (χ4n) is 1.80. The number of nitrogens with two attached hydrogens (primary N) is 1. The minimum atomic E-state index is -0.658. The molecule has 0 fully saturated rings. The van der Waals surface area contributed by atoms with Crippen LogP contribution in [0.3, 0.4) is 0 Å². The first-order chi connectivity index (χ1) is 10.9. The number of rotatable bonds is 1. The van der Waals surface area contributed by atoms with Crippen molar-refractivity contribution in [2.45, 2.75) is 6.92 Å². The van der Waals surface area contributed by atoms with Crippen LogP contribution in [-0.4, -0.2) is 20.9 Å². The fourth-order valence-corrected chi connectivity index (χ4v) is 1.80. The summed E-state index contributed by atoms with van der Waals surface area (Å²) < 4.78 is 25.0. The van der Waals surface area contributed by atoms with Crippen molar-refractivity contribution in [2.75, 3.05) is 0 Å². The molecule has 0 aromatic carbocycles. The molecule has 3 aromatic heterocycles. The third-order valence-corrected chi connectivity index (χ3v) is 2.90. The Morgan fingerprint density at radius 3 is 2.46 bits per heavy atom. The van der Waals surface area contributed by atoms with E-state index in [1.165, 1.54) is 12.3 Å². The van der Waals surface area contributed by atoms with Gasteiger partial charge in [-0.3, -0.25) is 19.6 Å². The maximum Gasteiger partial charge on any atom is 1.00 e. The van der Waals surface area contributed by atoms with Gasteiger partial charge in [0.1, 0.15) is 11.6 Å². The third-order valence-electron chi connectivity index (χ3n) is 2.90. The molecule has 0 saturated heterocycles. The van der Waals surface area contributed by atoms with Gasteiger partial charge in [-0.2, -0.15) is 0 Å². The average Bonchev–Trinajstić information content (AvgIpc) is 2.51. The van der Waals surface area contributed by atoms with Crippen LogP contribution >= 0.6 is 0 Å². The number of amides is 1. The molecule has 9 heteroatoms. The summed E-state index contributed by atoms with van der Waals surface area (Å²) in [5.74, 6) is -1.71. The Labute approximate surface area is 158 Å². The molecule has 0 bridgehead atoms. The van der Waals surface area contributed by atoms with Crippen molar-refractivity contribution < 1.29 is 44.6 Å².